The Balaban J connectivity index is 2.34. The second kappa shape index (κ2) is 7.01. The Kier molecular flexibility index (Phi) is 5.57. The lowest BCUT2D eigenvalue weighted by atomic mass is 10.1. The highest BCUT2D eigenvalue weighted by molar-refractivity contribution is 5.71. The van der Waals surface area contributed by atoms with Crippen molar-refractivity contribution in [3.63, 3.8) is 0 Å². The van der Waals surface area contributed by atoms with Crippen LogP contribution in [-0.2, 0) is 9.53 Å². The molecular formula is C13H19NO2. The summed E-state index contributed by atoms with van der Waals surface area (Å²) in [5, 5.41) is 3.02. The van der Waals surface area contributed by atoms with Crippen molar-refractivity contribution in [3.8, 4) is 0 Å². The highest BCUT2D eigenvalue weighted by atomic mass is 16.5. The molecule has 0 amide bonds. The fraction of sp³-hybridized carbons (Fsp3) is 0.462. The largest absolute Gasteiger partial charge is 0.457 e. The molecule has 16 heavy (non-hydrogen) atoms. The molecule has 0 bridgehead atoms. The SMILES string of the molecule is CCCNCC(=O)OC(C)c1ccccc1. The standard InChI is InChI=1S/C13H19NO2/c1-3-9-14-10-13(15)16-11(2)12-7-5-4-6-8-12/h4-8,11,14H,3,9-10H2,1-2H3. The quantitative estimate of drug-likeness (QED) is 0.591. The van der Waals surface area contributed by atoms with E-state index >= 15 is 0 Å². The zero-order valence-corrected chi connectivity index (χ0v) is 9.90. The van der Waals surface area contributed by atoms with Crippen LogP contribution in [0.15, 0.2) is 30.3 Å². The van der Waals surface area contributed by atoms with E-state index in [0.29, 0.717) is 0 Å². The monoisotopic (exact) mass is 221 g/mol. The molecule has 1 rings (SSSR count). The summed E-state index contributed by atoms with van der Waals surface area (Å²) in [5.41, 5.74) is 1.02. The fourth-order valence-electron chi connectivity index (χ4n) is 1.40. The lowest BCUT2D eigenvalue weighted by Gasteiger charge is -2.13. The number of esters is 1. The van der Waals surface area contributed by atoms with E-state index in [4.69, 9.17) is 4.74 Å². The smallest absolute Gasteiger partial charge is 0.320 e. The Labute approximate surface area is 96.8 Å². The van der Waals surface area contributed by atoms with Gasteiger partial charge in [0.25, 0.3) is 0 Å². The number of carbonyl (C=O) groups excluding carboxylic acids is 1. The van der Waals surface area contributed by atoms with E-state index in [-0.39, 0.29) is 18.6 Å². The molecule has 0 spiro atoms. The van der Waals surface area contributed by atoms with E-state index in [0.717, 1.165) is 18.5 Å². The van der Waals surface area contributed by atoms with Crippen LogP contribution >= 0.6 is 0 Å². The summed E-state index contributed by atoms with van der Waals surface area (Å²) >= 11 is 0. The first-order valence-corrected chi connectivity index (χ1v) is 5.69. The van der Waals surface area contributed by atoms with Gasteiger partial charge in [-0.1, -0.05) is 37.3 Å². The summed E-state index contributed by atoms with van der Waals surface area (Å²) in [6, 6.07) is 9.74. The molecule has 1 atom stereocenters. The molecule has 1 aromatic carbocycles. The molecular weight excluding hydrogens is 202 g/mol. The minimum absolute atomic E-state index is 0.183. The lowest BCUT2D eigenvalue weighted by molar-refractivity contribution is -0.147. The predicted octanol–water partition coefficient (Wildman–Crippen LogP) is 2.29. The van der Waals surface area contributed by atoms with Crippen LogP contribution in [-0.4, -0.2) is 19.1 Å². The Bertz CT molecular complexity index is 311. The highest BCUT2D eigenvalue weighted by Crippen LogP contribution is 2.15. The average Bonchev–Trinajstić information content (AvgIpc) is 2.30. The summed E-state index contributed by atoms with van der Waals surface area (Å²) in [6.07, 6.45) is 0.832. The van der Waals surface area contributed by atoms with Crippen molar-refractivity contribution in [2.45, 2.75) is 26.4 Å². The molecule has 0 saturated carbocycles. The normalized spacial score (nSPS) is 12.1. The average molecular weight is 221 g/mol. The van der Waals surface area contributed by atoms with Gasteiger partial charge in [-0.05, 0) is 25.5 Å². The fourth-order valence-corrected chi connectivity index (χ4v) is 1.40. The molecule has 1 aromatic rings. The van der Waals surface area contributed by atoms with Crippen molar-refractivity contribution in [2.24, 2.45) is 0 Å². The summed E-state index contributed by atoms with van der Waals surface area (Å²) in [5.74, 6) is -0.204. The van der Waals surface area contributed by atoms with Gasteiger partial charge in [0.05, 0.1) is 6.54 Å². The second-order valence-corrected chi connectivity index (χ2v) is 3.72. The zero-order valence-electron chi connectivity index (χ0n) is 9.90. The van der Waals surface area contributed by atoms with Crippen molar-refractivity contribution < 1.29 is 9.53 Å². The Morgan fingerprint density at radius 2 is 2.06 bits per heavy atom. The lowest BCUT2D eigenvalue weighted by Crippen LogP contribution is -2.26. The van der Waals surface area contributed by atoms with E-state index in [1.54, 1.807) is 0 Å². The minimum atomic E-state index is -0.204. The molecule has 0 fully saturated rings. The van der Waals surface area contributed by atoms with Crippen LogP contribution in [0.3, 0.4) is 0 Å². The zero-order chi connectivity index (χ0) is 11.8. The Hall–Kier alpha value is -1.35. The van der Waals surface area contributed by atoms with Crippen LogP contribution in [0.1, 0.15) is 31.9 Å². The molecule has 0 aliphatic carbocycles. The number of nitrogens with one attached hydrogen (secondary N) is 1. The van der Waals surface area contributed by atoms with Crippen molar-refractivity contribution >= 4 is 5.97 Å². The van der Waals surface area contributed by atoms with E-state index < -0.39 is 0 Å². The van der Waals surface area contributed by atoms with Crippen LogP contribution in [0.4, 0.5) is 0 Å². The van der Waals surface area contributed by atoms with Crippen LogP contribution in [0.25, 0.3) is 0 Å². The van der Waals surface area contributed by atoms with Crippen LogP contribution in [0, 0.1) is 0 Å². The highest BCUT2D eigenvalue weighted by Gasteiger charge is 2.10. The molecule has 0 aromatic heterocycles. The number of ether oxygens (including phenoxy) is 1. The van der Waals surface area contributed by atoms with Crippen molar-refractivity contribution in [2.75, 3.05) is 13.1 Å². The van der Waals surface area contributed by atoms with Crippen molar-refractivity contribution in [3.05, 3.63) is 35.9 Å². The van der Waals surface area contributed by atoms with Gasteiger partial charge in [0.2, 0.25) is 0 Å². The maximum atomic E-state index is 11.4. The van der Waals surface area contributed by atoms with Crippen LogP contribution in [0.2, 0.25) is 0 Å². The number of carbonyl (C=O) groups is 1. The van der Waals surface area contributed by atoms with E-state index in [1.807, 2.05) is 37.3 Å². The first kappa shape index (κ1) is 12.7. The molecule has 3 heteroatoms. The maximum absolute atomic E-state index is 11.4. The molecule has 88 valence electrons. The van der Waals surface area contributed by atoms with Crippen LogP contribution in [0.5, 0.6) is 0 Å². The first-order chi connectivity index (χ1) is 7.74. The van der Waals surface area contributed by atoms with Gasteiger partial charge in [0, 0.05) is 0 Å². The van der Waals surface area contributed by atoms with Crippen molar-refractivity contribution in [1.82, 2.24) is 5.32 Å². The Morgan fingerprint density at radius 1 is 1.38 bits per heavy atom. The summed E-state index contributed by atoms with van der Waals surface area (Å²) in [7, 11) is 0. The van der Waals surface area contributed by atoms with Gasteiger partial charge < -0.3 is 10.1 Å². The van der Waals surface area contributed by atoms with Gasteiger partial charge in [0.1, 0.15) is 6.10 Å². The number of hydrogen-bond donors (Lipinski definition) is 1. The van der Waals surface area contributed by atoms with Gasteiger partial charge in [-0.2, -0.15) is 0 Å². The number of hydrogen-bond acceptors (Lipinski definition) is 3. The van der Waals surface area contributed by atoms with Gasteiger partial charge >= 0.3 is 5.97 Å². The number of rotatable bonds is 6. The van der Waals surface area contributed by atoms with Gasteiger partial charge in [-0.3, -0.25) is 4.79 Å². The molecule has 0 saturated heterocycles. The molecule has 1 N–H and O–H groups in total. The Morgan fingerprint density at radius 3 is 2.69 bits per heavy atom. The molecule has 0 radical (unpaired) electrons. The van der Waals surface area contributed by atoms with Gasteiger partial charge in [-0.15, -0.1) is 0 Å². The number of benzene rings is 1. The van der Waals surface area contributed by atoms with Crippen molar-refractivity contribution in [1.29, 1.82) is 0 Å². The van der Waals surface area contributed by atoms with Crippen LogP contribution < -0.4 is 5.32 Å². The maximum Gasteiger partial charge on any atom is 0.320 e. The molecule has 0 aliphatic rings. The molecule has 3 nitrogen and oxygen atoms in total. The van der Waals surface area contributed by atoms with Gasteiger partial charge in [0.15, 0.2) is 0 Å². The molecule has 1 unspecified atom stereocenters. The second-order valence-electron chi connectivity index (χ2n) is 3.72. The summed E-state index contributed by atoms with van der Waals surface area (Å²) in [4.78, 5) is 11.4. The van der Waals surface area contributed by atoms with E-state index in [1.165, 1.54) is 0 Å². The third kappa shape index (κ3) is 4.45. The summed E-state index contributed by atoms with van der Waals surface area (Å²) < 4.78 is 5.28. The van der Waals surface area contributed by atoms with Gasteiger partial charge in [-0.25, -0.2) is 0 Å². The predicted molar refractivity (Wildman–Crippen MR) is 64.1 cm³/mol. The third-order valence-corrected chi connectivity index (χ3v) is 2.27. The molecule has 0 heterocycles. The minimum Gasteiger partial charge on any atom is -0.457 e. The van der Waals surface area contributed by atoms with E-state index in [2.05, 4.69) is 12.2 Å². The summed E-state index contributed by atoms with van der Waals surface area (Å²) in [6.45, 7) is 5.07. The first-order valence-electron chi connectivity index (χ1n) is 5.69. The topological polar surface area (TPSA) is 38.3 Å². The third-order valence-electron chi connectivity index (χ3n) is 2.27. The van der Waals surface area contributed by atoms with E-state index in [9.17, 15) is 4.79 Å². The molecule has 0 aliphatic heterocycles.